The Morgan fingerprint density at radius 1 is 1.29 bits per heavy atom. The largest absolute Gasteiger partial charge is 0.481 e. The van der Waals surface area contributed by atoms with E-state index in [1.807, 2.05) is 12.1 Å². The maximum absolute atomic E-state index is 5.03. The number of hydrogen-bond donors (Lipinski definition) is 1. The van der Waals surface area contributed by atoms with Gasteiger partial charge in [0.2, 0.25) is 5.88 Å². The molecule has 2 rings (SSSR count). The number of pyridine rings is 1. The molecular formula is C10H13N3O. The smallest absolute Gasteiger partial charge is 0.215 e. The van der Waals surface area contributed by atoms with Crippen LogP contribution in [0.4, 0.5) is 0 Å². The quantitative estimate of drug-likeness (QED) is 0.790. The molecule has 0 aliphatic rings. The third-order valence-corrected chi connectivity index (χ3v) is 2.09. The van der Waals surface area contributed by atoms with Gasteiger partial charge in [-0.15, -0.1) is 0 Å². The fraction of sp³-hybridized carbons (Fsp3) is 0.400. The fourth-order valence-corrected chi connectivity index (χ4v) is 1.28. The molecule has 0 spiro atoms. The molecule has 0 radical (unpaired) electrons. The highest BCUT2D eigenvalue weighted by atomic mass is 16.5. The van der Waals surface area contributed by atoms with Crippen molar-refractivity contribution < 1.29 is 4.74 Å². The van der Waals surface area contributed by atoms with Gasteiger partial charge < -0.3 is 9.72 Å². The van der Waals surface area contributed by atoms with Crippen LogP contribution in [-0.2, 0) is 0 Å². The van der Waals surface area contributed by atoms with Gasteiger partial charge in [-0.2, -0.15) is 4.98 Å². The van der Waals surface area contributed by atoms with Crippen LogP contribution in [0.1, 0.15) is 25.6 Å². The van der Waals surface area contributed by atoms with Crippen molar-refractivity contribution in [3.05, 3.63) is 18.0 Å². The summed E-state index contributed by atoms with van der Waals surface area (Å²) in [5.41, 5.74) is 1.67. The number of nitrogens with zero attached hydrogens (tertiary/aromatic N) is 2. The molecule has 0 aliphatic heterocycles. The highest BCUT2D eigenvalue weighted by Crippen LogP contribution is 2.17. The van der Waals surface area contributed by atoms with Gasteiger partial charge in [0.05, 0.1) is 12.6 Å². The van der Waals surface area contributed by atoms with Crippen molar-refractivity contribution in [2.45, 2.75) is 19.8 Å². The Labute approximate surface area is 82.3 Å². The molecular weight excluding hydrogens is 178 g/mol. The summed E-state index contributed by atoms with van der Waals surface area (Å²) >= 11 is 0. The van der Waals surface area contributed by atoms with Crippen LogP contribution >= 0.6 is 0 Å². The lowest BCUT2D eigenvalue weighted by Crippen LogP contribution is -1.89. The molecule has 0 aromatic carbocycles. The third kappa shape index (κ3) is 1.43. The fourth-order valence-electron chi connectivity index (χ4n) is 1.28. The number of ether oxygens (including phenoxy) is 1. The average molecular weight is 191 g/mol. The summed E-state index contributed by atoms with van der Waals surface area (Å²) in [4.78, 5) is 11.8. The third-order valence-electron chi connectivity index (χ3n) is 2.09. The molecule has 0 aliphatic carbocycles. The van der Waals surface area contributed by atoms with Crippen molar-refractivity contribution in [3.8, 4) is 5.88 Å². The summed E-state index contributed by atoms with van der Waals surface area (Å²) < 4.78 is 5.03. The number of aromatic nitrogens is 3. The van der Waals surface area contributed by atoms with Crippen molar-refractivity contribution in [1.29, 1.82) is 0 Å². The molecule has 2 aromatic rings. The van der Waals surface area contributed by atoms with Gasteiger partial charge in [-0.1, -0.05) is 13.8 Å². The number of aromatic amines is 1. The number of imidazole rings is 1. The Morgan fingerprint density at radius 2 is 2.07 bits per heavy atom. The summed E-state index contributed by atoms with van der Waals surface area (Å²) in [7, 11) is 1.60. The molecule has 0 saturated carbocycles. The molecule has 14 heavy (non-hydrogen) atoms. The molecule has 2 heterocycles. The number of rotatable bonds is 2. The van der Waals surface area contributed by atoms with Crippen molar-refractivity contribution in [2.24, 2.45) is 0 Å². The molecule has 0 saturated heterocycles. The lowest BCUT2D eigenvalue weighted by molar-refractivity contribution is 0.399. The molecule has 0 amide bonds. The van der Waals surface area contributed by atoms with Crippen molar-refractivity contribution in [1.82, 2.24) is 15.0 Å². The lowest BCUT2D eigenvalue weighted by atomic mass is 10.2. The van der Waals surface area contributed by atoms with E-state index in [4.69, 9.17) is 4.74 Å². The van der Waals surface area contributed by atoms with Crippen LogP contribution in [0.3, 0.4) is 0 Å². The van der Waals surface area contributed by atoms with Crippen molar-refractivity contribution in [2.75, 3.05) is 7.11 Å². The Kier molecular flexibility index (Phi) is 2.11. The van der Waals surface area contributed by atoms with E-state index in [1.165, 1.54) is 0 Å². The first-order chi connectivity index (χ1) is 6.70. The summed E-state index contributed by atoms with van der Waals surface area (Å²) in [6, 6.07) is 3.75. The number of nitrogens with one attached hydrogen (secondary N) is 1. The average Bonchev–Trinajstić information content (AvgIpc) is 2.59. The van der Waals surface area contributed by atoms with Gasteiger partial charge in [0.25, 0.3) is 0 Å². The lowest BCUT2D eigenvalue weighted by Gasteiger charge is -1.95. The van der Waals surface area contributed by atoms with Crippen LogP contribution < -0.4 is 4.74 Å². The summed E-state index contributed by atoms with van der Waals surface area (Å²) in [6.45, 7) is 4.18. The van der Waals surface area contributed by atoms with Crippen LogP contribution in [0, 0.1) is 0 Å². The van der Waals surface area contributed by atoms with Gasteiger partial charge in [0.15, 0.2) is 5.65 Å². The second kappa shape index (κ2) is 3.29. The second-order valence-corrected chi connectivity index (χ2v) is 3.50. The van der Waals surface area contributed by atoms with E-state index in [1.54, 1.807) is 7.11 Å². The molecule has 2 aromatic heterocycles. The summed E-state index contributed by atoms with van der Waals surface area (Å²) in [5.74, 6) is 1.94. The molecule has 4 heteroatoms. The van der Waals surface area contributed by atoms with Crippen LogP contribution in [-0.4, -0.2) is 22.1 Å². The van der Waals surface area contributed by atoms with Gasteiger partial charge >= 0.3 is 0 Å². The van der Waals surface area contributed by atoms with E-state index in [0.29, 0.717) is 17.4 Å². The Morgan fingerprint density at radius 3 is 2.71 bits per heavy atom. The first-order valence-electron chi connectivity index (χ1n) is 4.61. The first kappa shape index (κ1) is 8.99. The normalized spacial score (nSPS) is 11.1. The minimum atomic E-state index is 0.384. The Balaban J connectivity index is 2.54. The number of methoxy groups -OCH3 is 1. The topological polar surface area (TPSA) is 50.8 Å². The standard InChI is InChI=1S/C10H13N3O/c1-6(2)9-11-7-4-5-8(14-3)12-10(7)13-9/h4-6H,1-3H3,(H,11,12,13). The zero-order valence-corrected chi connectivity index (χ0v) is 8.53. The zero-order chi connectivity index (χ0) is 10.1. The number of H-pyrrole nitrogens is 1. The van der Waals surface area contributed by atoms with Crippen LogP contribution in [0.5, 0.6) is 5.88 Å². The van der Waals surface area contributed by atoms with Crippen LogP contribution in [0.2, 0.25) is 0 Å². The number of fused-ring (bicyclic) bond motifs is 1. The van der Waals surface area contributed by atoms with Crippen LogP contribution in [0.15, 0.2) is 12.1 Å². The number of hydrogen-bond acceptors (Lipinski definition) is 3. The molecule has 1 N–H and O–H groups in total. The molecule has 0 unspecified atom stereocenters. The van der Waals surface area contributed by atoms with E-state index < -0.39 is 0 Å². The summed E-state index contributed by atoms with van der Waals surface area (Å²) in [6.07, 6.45) is 0. The van der Waals surface area contributed by atoms with Crippen LogP contribution in [0.25, 0.3) is 11.2 Å². The van der Waals surface area contributed by atoms with Crippen molar-refractivity contribution in [3.63, 3.8) is 0 Å². The van der Waals surface area contributed by atoms with E-state index in [0.717, 1.165) is 11.3 Å². The van der Waals surface area contributed by atoms with Gasteiger partial charge in [0.1, 0.15) is 5.82 Å². The molecule has 4 nitrogen and oxygen atoms in total. The predicted octanol–water partition coefficient (Wildman–Crippen LogP) is 2.09. The van der Waals surface area contributed by atoms with Gasteiger partial charge in [-0.05, 0) is 6.07 Å². The molecule has 0 fully saturated rings. The van der Waals surface area contributed by atoms with Gasteiger partial charge in [-0.25, -0.2) is 4.98 Å². The maximum atomic E-state index is 5.03. The van der Waals surface area contributed by atoms with Gasteiger partial charge in [-0.3, -0.25) is 0 Å². The second-order valence-electron chi connectivity index (χ2n) is 3.50. The highest BCUT2D eigenvalue weighted by molar-refractivity contribution is 5.71. The van der Waals surface area contributed by atoms with E-state index in [9.17, 15) is 0 Å². The predicted molar refractivity (Wildman–Crippen MR) is 54.5 cm³/mol. The van der Waals surface area contributed by atoms with E-state index >= 15 is 0 Å². The molecule has 74 valence electrons. The maximum Gasteiger partial charge on any atom is 0.215 e. The van der Waals surface area contributed by atoms with Gasteiger partial charge in [0, 0.05) is 12.0 Å². The Hall–Kier alpha value is -1.58. The van der Waals surface area contributed by atoms with Crippen molar-refractivity contribution >= 4 is 11.2 Å². The first-order valence-corrected chi connectivity index (χ1v) is 4.61. The molecule has 0 bridgehead atoms. The molecule has 0 atom stereocenters. The highest BCUT2D eigenvalue weighted by Gasteiger charge is 2.07. The Bertz CT molecular complexity index is 448. The minimum absolute atomic E-state index is 0.384. The summed E-state index contributed by atoms with van der Waals surface area (Å²) in [5, 5.41) is 0. The zero-order valence-electron chi connectivity index (χ0n) is 8.53. The van der Waals surface area contributed by atoms with E-state index in [-0.39, 0.29) is 0 Å². The van der Waals surface area contributed by atoms with E-state index in [2.05, 4.69) is 28.8 Å². The minimum Gasteiger partial charge on any atom is -0.481 e. The SMILES string of the molecule is COc1ccc2[nH]c(C(C)C)nc2n1. The monoisotopic (exact) mass is 191 g/mol.